The quantitative estimate of drug-likeness (QED) is 0.790. The van der Waals surface area contributed by atoms with Crippen LogP contribution in [0.5, 0.6) is 11.5 Å². The maximum absolute atomic E-state index is 12.7. The number of hydrogen-bond acceptors (Lipinski definition) is 3. The summed E-state index contributed by atoms with van der Waals surface area (Å²) in [7, 11) is 0. The summed E-state index contributed by atoms with van der Waals surface area (Å²) < 4.78 is 23.7. The first-order valence-electron chi connectivity index (χ1n) is 6.58. The third-order valence-corrected chi connectivity index (χ3v) is 2.79. The summed E-state index contributed by atoms with van der Waals surface area (Å²) in [6.45, 7) is 1.50. The molecule has 106 valence electrons. The van der Waals surface area contributed by atoms with E-state index in [1.807, 2.05) is 24.3 Å². The lowest BCUT2D eigenvalue weighted by molar-refractivity contribution is 0.217. The molecular weight excluding hydrogens is 257 g/mol. The van der Waals surface area contributed by atoms with E-state index in [0.717, 1.165) is 12.2 Å². The Bertz CT molecular complexity index is 511. The molecule has 0 spiro atoms. The van der Waals surface area contributed by atoms with E-state index in [2.05, 4.69) is 0 Å². The van der Waals surface area contributed by atoms with E-state index in [4.69, 9.17) is 15.2 Å². The summed E-state index contributed by atoms with van der Waals surface area (Å²) in [4.78, 5) is 0. The summed E-state index contributed by atoms with van der Waals surface area (Å²) >= 11 is 0. The highest BCUT2D eigenvalue weighted by Gasteiger charge is 1.97. The van der Waals surface area contributed by atoms with Crippen molar-refractivity contribution in [3.8, 4) is 11.5 Å². The van der Waals surface area contributed by atoms with E-state index in [9.17, 15) is 4.39 Å². The molecule has 4 heteroatoms. The standard InChI is InChI=1S/C16H18FNO2/c17-14-3-7-16(8-4-14)20-12-11-19-15-5-1-13(2-6-15)9-10-18/h1-8H,9-12,18H2. The SMILES string of the molecule is NCCc1ccc(OCCOc2ccc(F)cc2)cc1. The van der Waals surface area contributed by atoms with Crippen LogP contribution in [0.15, 0.2) is 48.5 Å². The molecule has 0 aliphatic carbocycles. The lowest BCUT2D eigenvalue weighted by Gasteiger charge is -2.09. The van der Waals surface area contributed by atoms with Gasteiger partial charge >= 0.3 is 0 Å². The molecule has 0 radical (unpaired) electrons. The van der Waals surface area contributed by atoms with Gasteiger partial charge in [-0.2, -0.15) is 0 Å². The molecule has 0 saturated heterocycles. The average Bonchev–Trinajstić information content (AvgIpc) is 2.47. The van der Waals surface area contributed by atoms with E-state index in [0.29, 0.717) is 25.5 Å². The molecule has 0 aliphatic heterocycles. The fourth-order valence-corrected chi connectivity index (χ4v) is 1.77. The Labute approximate surface area is 118 Å². The first-order valence-corrected chi connectivity index (χ1v) is 6.58. The molecule has 0 aromatic heterocycles. The van der Waals surface area contributed by atoms with Crippen molar-refractivity contribution >= 4 is 0 Å². The van der Waals surface area contributed by atoms with Crippen molar-refractivity contribution in [2.24, 2.45) is 5.73 Å². The lowest BCUT2D eigenvalue weighted by atomic mass is 10.1. The second kappa shape index (κ2) is 7.50. The molecule has 2 N–H and O–H groups in total. The minimum Gasteiger partial charge on any atom is -0.490 e. The van der Waals surface area contributed by atoms with Crippen molar-refractivity contribution in [2.75, 3.05) is 19.8 Å². The zero-order valence-electron chi connectivity index (χ0n) is 11.2. The summed E-state index contributed by atoms with van der Waals surface area (Å²) in [5.74, 6) is 1.16. The third kappa shape index (κ3) is 4.55. The Balaban J connectivity index is 1.71. The summed E-state index contributed by atoms with van der Waals surface area (Å²) in [5, 5.41) is 0. The van der Waals surface area contributed by atoms with Crippen molar-refractivity contribution < 1.29 is 13.9 Å². The lowest BCUT2D eigenvalue weighted by Crippen LogP contribution is -2.09. The highest BCUT2D eigenvalue weighted by Crippen LogP contribution is 2.13. The fourth-order valence-electron chi connectivity index (χ4n) is 1.77. The number of nitrogens with two attached hydrogens (primary N) is 1. The van der Waals surface area contributed by atoms with Crippen LogP contribution in [0, 0.1) is 5.82 Å². The molecule has 20 heavy (non-hydrogen) atoms. The van der Waals surface area contributed by atoms with Crippen molar-refractivity contribution in [3.05, 3.63) is 59.9 Å². The number of hydrogen-bond donors (Lipinski definition) is 1. The van der Waals surface area contributed by atoms with Gasteiger partial charge in [-0.3, -0.25) is 0 Å². The van der Waals surface area contributed by atoms with Gasteiger partial charge in [0.25, 0.3) is 0 Å². The maximum Gasteiger partial charge on any atom is 0.123 e. The van der Waals surface area contributed by atoms with Gasteiger partial charge in [-0.25, -0.2) is 4.39 Å². The second-order valence-corrected chi connectivity index (χ2v) is 4.33. The van der Waals surface area contributed by atoms with Crippen molar-refractivity contribution in [2.45, 2.75) is 6.42 Å². The highest BCUT2D eigenvalue weighted by molar-refractivity contribution is 5.27. The first kappa shape index (κ1) is 14.3. The fraction of sp³-hybridized carbons (Fsp3) is 0.250. The van der Waals surface area contributed by atoms with Crippen molar-refractivity contribution in [3.63, 3.8) is 0 Å². The van der Waals surface area contributed by atoms with Crippen molar-refractivity contribution in [1.29, 1.82) is 0 Å². The second-order valence-electron chi connectivity index (χ2n) is 4.33. The molecule has 2 rings (SSSR count). The third-order valence-electron chi connectivity index (χ3n) is 2.79. The van der Waals surface area contributed by atoms with Gasteiger partial charge in [0, 0.05) is 0 Å². The van der Waals surface area contributed by atoms with Crippen LogP contribution < -0.4 is 15.2 Å². The van der Waals surface area contributed by atoms with E-state index in [1.54, 1.807) is 12.1 Å². The number of benzene rings is 2. The van der Waals surface area contributed by atoms with Crippen LogP contribution in [0.2, 0.25) is 0 Å². The van der Waals surface area contributed by atoms with Gasteiger partial charge in [-0.15, -0.1) is 0 Å². The predicted molar refractivity (Wildman–Crippen MR) is 76.6 cm³/mol. The molecule has 2 aromatic rings. The van der Waals surface area contributed by atoms with Gasteiger partial charge in [0.2, 0.25) is 0 Å². The van der Waals surface area contributed by atoms with Gasteiger partial charge in [-0.05, 0) is 54.9 Å². The van der Waals surface area contributed by atoms with Crippen LogP contribution in [0.3, 0.4) is 0 Å². The number of rotatable bonds is 7. The van der Waals surface area contributed by atoms with Gasteiger partial charge in [0.1, 0.15) is 30.5 Å². The molecule has 0 bridgehead atoms. The number of ether oxygens (including phenoxy) is 2. The van der Waals surface area contributed by atoms with Gasteiger partial charge in [0.15, 0.2) is 0 Å². The average molecular weight is 275 g/mol. The van der Waals surface area contributed by atoms with E-state index >= 15 is 0 Å². The molecule has 0 atom stereocenters. The van der Waals surface area contributed by atoms with Gasteiger partial charge in [0.05, 0.1) is 0 Å². The Kier molecular flexibility index (Phi) is 5.38. The maximum atomic E-state index is 12.7. The monoisotopic (exact) mass is 275 g/mol. The van der Waals surface area contributed by atoms with Gasteiger partial charge in [-0.1, -0.05) is 12.1 Å². The van der Waals surface area contributed by atoms with Crippen LogP contribution in [0.25, 0.3) is 0 Å². The topological polar surface area (TPSA) is 44.5 Å². The van der Waals surface area contributed by atoms with Crippen LogP contribution in [-0.2, 0) is 6.42 Å². The normalized spacial score (nSPS) is 10.3. The molecule has 3 nitrogen and oxygen atoms in total. The molecule has 0 saturated carbocycles. The molecule has 0 amide bonds. The summed E-state index contributed by atoms with van der Waals surface area (Å²) in [6, 6.07) is 13.8. The zero-order valence-corrected chi connectivity index (χ0v) is 11.2. The summed E-state index contributed by atoms with van der Waals surface area (Å²) in [5.41, 5.74) is 6.69. The van der Waals surface area contributed by atoms with Crippen LogP contribution in [-0.4, -0.2) is 19.8 Å². The molecular formula is C16H18FNO2. The van der Waals surface area contributed by atoms with E-state index in [-0.39, 0.29) is 5.82 Å². The molecule has 0 heterocycles. The predicted octanol–water partition coefficient (Wildman–Crippen LogP) is 2.78. The Hall–Kier alpha value is -2.07. The molecule has 0 fully saturated rings. The minimum atomic E-state index is -0.272. The Morgan fingerprint density at radius 1 is 0.800 bits per heavy atom. The highest BCUT2D eigenvalue weighted by atomic mass is 19.1. The van der Waals surface area contributed by atoms with Crippen LogP contribution >= 0.6 is 0 Å². The number of halogens is 1. The Morgan fingerprint density at radius 2 is 1.30 bits per heavy atom. The smallest absolute Gasteiger partial charge is 0.123 e. The molecule has 2 aromatic carbocycles. The zero-order chi connectivity index (χ0) is 14.2. The van der Waals surface area contributed by atoms with E-state index in [1.165, 1.54) is 17.7 Å². The summed E-state index contributed by atoms with van der Waals surface area (Å²) in [6.07, 6.45) is 0.869. The largest absolute Gasteiger partial charge is 0.490 e. The first-order chi connectivity index (χ1) is 9.78. The van der Waals surface area contributed by atoms with Crippen LogP contribution in [0.4, 0.5) is 4.39 Å². The minimum absolute atomic E-state index is 0.272. The van der Waals surface area contributed by atoms with Crippen molar-refractivity contribution in [1.82, 2.24) is 0 Å². The van der Waals surface area contributed by atoms with Crippen LogP contribution in [0.1, 0.15) is 5.56 Å². The van der Waals surface area contributed by atoms with E-state index < -0.39 is 0 Å². The molecule has 0 aliphatic rings. The molecule has 0 unspecified atom stereocenters. The van der Waals surface area contributed by atoms with Gasteiger partial charge < -0.3 is 15.2 Å². The Morgan fingerprint density at radius 3 is 1.80 bits per heavy atom.